The molecule has 1 aromatic heterocycles. The highest BCUT2D eigenvalue weighted by atomic mass is 15.3. The lowest BCUT2D eigenvalue weighted by molar-refractivity contribution is 0.309. The predicted octanol–water partition coefficient (Wildman–Crippen LogP) is 3.41. The molecule has 3 fully saturated rings. The van der Waals surface area contributed by atoms with E-state index < -0.39 is 0 Å². The maximum Gasteiger partial charge on any atom is 0.194 e. The fraction of sp³-hybridized carbons (Fsp3) is 0.714. The number of anilines is 1. The molecule has 1 N–H and O–H groups in total. The summed E-state index contributed by atoms with van der Waals surface area (Å²) in [6.07, 6.45) is 11.6. The van der Waals surface area contributed by atoms with Crippen LogP contribution in [-0.4, -0.2) is 48.6 Å². The quantitative estimate of drug-likeness (QED) is 0.664. The highest BCUT2D eigenvalue weighted by Gasteiger charge is 2.41. The van der Waals surface area contributed by atoms with E-state index in [9.17, 15) is 0 Å². The van der Waals surface area contributed by atoms with Crippen molar-refractivity contribution < 1.29 is 0 Å². The Bertz CT molecular complexity index is 612. The minimum absolute atomic E-state index is 0.578. The second-order valence-corrected chi connectivity index (χ2v) is 8.27. The van der Waals surface area contributed by atoms with Gasteiger partial charge in [0.25, 0.3) is 0 Å². The van der Waals surface area contributed by atoms with Gasteiger partial charge in [0.1, 0.15) is 5.82 Å². The fourth-order valence-corrected chi connectivity index (χ4v) is 4.88. The van der Waals surface area contributed by atoms with Crippen LogP contribution in [0.15, 0.2) is 23.3 Å². The average molecular weight is 356 g/mol. The third kappa shape index (κ3) is 3.81. The zero-order valence-electron chi connectivity index (χ0n) is 16.2. The number of nitrogens with one attached hydrogen (secondary N) is 1. The van der Waals surface area contributed by atoms with Gasteiger partial charge in [-0.1, -0.05) is 18.9 Å². The predicted molar refractivity (Wildman–Crippen MR) is 108 cm³/mol. The number of aromatic nitrogens is 1. The average Bonchev–Trinajstić information content (AvgIpc) is 3.43. The summed E-state index contributed by atoms with van der Waals surface area (Å²) in [6, 6.07) is 4.35. The smallest absolute Gasteiger partial charge is 0.194 e. The Morgan fingerprint density at radius 1 is 1.12 bits per heavy atom. The van der Waals surface area contributed by atoms with E-state index >= 15 is 0 Å². The minimum Gasteiger partial charge on any atom is -0.357 e. The van der Waals surface area contributed by atoms with Gasteiger partial charge in [0.15, 0.2) is 5.96 Å². The summed E-state index contributed by atoms with van der Waals surface area (Å²) in [7, 11) is 0. The van der Waals surface area contributed by atoms with Crippen LogP contribution in [0.3, 0.4) is 0 Å². The Morgan fingerprint density at radius 2 is 1.92 bits per heavy atom. The number of aliphatic imine (C=N–C) groups is 1. The lowest BCUT2D eigenvalue weighted by Crippen LogP contribution is -2.41. The molecular formula is C21H33N5. The zero-order chi connectivity index (χ0) is 17.8. The molecule has 3 heterocycles. The first-order valence-electron chi connectivity index (χ1n) is 10.5. The molecular weight excluding hydrogens is 322 g/mol. The standard InChI is InChI=1S/C21H33N5/c1-2-22-20(26-14-11-21(17-26)9-3-4-10-21)24-16-18-7-8-19(23-15-18)25-12-5-6-13-25/h7-8,15H,2-6,9-14,16-17H2,1H3,(H,22,24). The molecule has 2 saturated heterocycles. The van der Waals surface area contributed by atoms with Gasteiger partial charge < -0.3 is 15.1 Å². The molecule has 5 nitrogen and oxygen atoms in total. The Morgan fingerprint density at radius 3 is 2.62 bits per heavy atom. The molecule has 142 valence electrons. The molecule has 0 radical (unpaired) electrons. The lowest BCUT2D eigenvalue weighted by atomic mass is 9.86. The van der Waals surface area contributed by atoms with Crippen molar-refractivity contribution in [1.82, 2.24) is 15.2 Å². The molecule has 5 heteroatoms. The van der Waals surface area contributed by atoms with E-state index in [0.29, 0.717) is 12.0 Å². The number of pyridine rings is 1. The van der Waals surface area contributed by atoms with Crippen LogP contribution in [0.2, 0.25) is 0 Å². The molecule has 26 heavy (non-hydrogen) atoms. The number of guanidine groups is 1. The molecule has 3 aliphatic rings. The molecule has 0 amide bonds. The highest BCUT2D eigenvalue weighted by Crippen LogP contribution is 2.45. The van der Waals surface area contributed by atoms with Gasteiger partial charge in [-0.05, 0) is 56.1 Å². The fourth-order valence-electron chi connectivity index (χ4n) is 4.88. The van der Waals surface area contributed by atoms with Crippen LogP contribution in [0.4, 0.5) is 5.82 Å². The van der Waals surface area contributed by atoms with Gasteiger partial charge in [0, 0.05) is 38.9 Å². The first-order chi connectivity index (χ1) is 12.8. The van der Waals surface area contributed by atoms with Crippen LogP contribution < -0.4 is 10.2 Å². The topological polar surface area (TPSA) is 43.8 Å². The summed E-state index contributed by atoms with van der Waals surface area (Å²) in [5.41, 5.74) is 1.77. The van der Waals surface area contributed by atoms with E-state index in [1.807, 2.05) is 6.20 Å². The van der Waals surface area contributed by atoms with Crippen molar-refractivity contribution in [1.29, 1.82) is 0 Å². The van der Waals surface area contributed by atoms with Crippen molar-refractivity contribution in [2.45, 2.75) is 58.4 Å². The molecule has 1 saturated carbocycles. The molecule has 1 aromatic rings. The van der Waals surface area contributed by atoms with Crippen molar-refractivity contribution in [3.8, 4) is 0 Å². The molecule has 0 bridgehead atoms. The summed E-state index contributed by atoms with van der Waals surface area (Å²) >= 11 is 0. The first-order valence-corrected chi connectivity index (χ1v) is 10.5. The van der Waals surface area contributed by atoms with Crippen LogP contribution in [0.25, 0.3) is 0 Å². The monoisotopic (exact) mass is 355 g/mol. The van der Waals surface area contributed by atoms with E-state index in [0.717, 1.165) is 38.0 Å². The molecule has 1 spiro atoms. The molecule has 4 rings (SSSR count). The number of hydrogen-bond acceptors (Lipinski definition) is 3. The van der Waals surface area contributed by atoms with Crippen LogP contribution >= 0.6 is 0 Å². The van der Waals surface area contributed by atoms with Crippen LogP contribution in [-0.2, 0) is 6.54 Å². The Hall–Kier alpha value is -1.78. The van der Waals surface area contributed by atoms with E-state index in [-0.39, 0.29) is 0 Å². The van der Waals surface area contributed by atoms with Gasteiger partial charge in [0.2, 0.25) is 0 Å². The lowest BCUT2D eigenvalue weighted by Gasteiger charge is -2.26. The van der Waals surface area contributed by atoms with Gasteiger partial charge in [-0.15, -0.1) is 0 Å². The van der Waals surface area contributed by atoms with Crippen LogP contribution in [0, 0.1) is 5.41 Å². The van der Waals surface area contributed by atoms with Crippen molar-refractivity contribution in [3.05, 3.63) is 23.9 Å². The SMILES string of the molecule is CCNC(=NCc1ccc(N2CCCC2)nc1)N1CCC2(CCCC2)C1. The first kappa shape index (κ1) is 17.6. The summed E-state index contributed by atoms with van der Waals surface area (Å²) in [5, 5.41) is 3.50. The molecule has 0 unspecified atom stereocenters. The maximum absolute atomic E-state index is 4.93. The van der Waals surface area contributed by atoms with Gasteiger partial charge in [-0.3, -0.25) is 0 Å². The third-order valence-corrected chi connectivity index (χ3v) is 6.39. The van der Waals surface area contributed by atoms with Gasteiger partial charge in [-0.2, -0.15) is 0 Å². The van der Waals surface area contributed by atoms with E-state index in [4.69, 9.17) is 4.99 Å². The molecule has 1 aliphatic carbocycles. The van der Waals surface area contributed by atoms with E-state index in [1.165, 1.54) is 57.1 Å². The van der Waals surface area contributed by atoms with Crippen molar-refractivity contribution in [2.24, 2.45) is 10.4 Å². The second-order valence-electron chi connectivity index (χ2n) is 8.27. The number of rotatable bonds is 4. The Labute approximate surface area is 157 Å². The summed E-state index contributed by atoms with van der Waals surface area (Å²) in [5.74, 6) is 2.20. The van der Waals surface area contributed by atoms with E-state index in [2.05, 4.69) is 39.2 Å². The molecule has 0 aromatic carbocycles. The Balaban J connectivity index is 1.39. The largest absolute Gasteiger partial charge is 0.357 e. The summed E-state index contributed by atoms with van der Waals surface area (Å²) in [4.78, 5) is 14.5. The van der Waals surface area contributed by atoms with Crippen molar-refractivity contribution in [2.75, 3.05) is 37.6 Å². The maximum atomic E-state index is 4.93. The normalized spacial score (nSPS) is 22.6. The summed E-state index contributed by atoms with van der Waals surface area (Å²) in [6.45, 7) is 8.41. The highest BCUT2D eigenvalue weighted by molar-refractivity contribution is 5.80. The molecule has 2 aliphatic heterocycles. The zero-order valence-corrected chi connectivity index (χ0v) is 16.2. The van der Waals surface area contributed by atoms with Gasteiger partial charge >= 0.3 is 0 Å². The number of likely N-dealkylation sites (tertiary alicyclic amines) is 1. The van der Waals surface area contributed by atoms with Crippen LogP contribution in [0.5, 0.6) is 0 Å². The van der Waals surface area contributed by atoms with Gasteiger partial charge in [0.05, 0.1) is 6.54 Å². The summed E-state index contributed by atoms with van der Waals surface area (Å²) < 4.78 is 0. The van der Waals surface area contributed by atoms with Crippen molar-refractivity contribution >= 4 is 11.8 Å². The molecule has 0 atom stereocenters. The number of nitrogens with zero attached hydrogens (tertiary/aromatic N) is 4. The van der Waals surface area contributed by atoms with Crippen molar-refractivity contribution in [3.63, 3.8) is 0 Å². The second kappa shape index (κ2) is 7.85. The third-order valence-electron chi connectivity index (χ3n) is 6.39. The minimum atomic E-state index is 0.578. The number of hydrogen-bond donors (Lipinski definition) is 1. The van der Waals surface area contributed by atoms with Crippen LogP contribution in [0.1, 0.15) is 57.4 Å². The van der Waals surface area contributed by atoms with Gasteiger partial charge in [-0.25, -0.2) is 9.98 Å². The Kier molecular flexibility index (Phi) is 5.32. The van der Waals surface area contributed by atoms with E-state index in [1.54, 1.807) is 0 Å².